The molecule has 25 heavy (non-hydrogen) atoms. The number of methoxy groups -OCH3 is 2. The number of phenolic OH excluding ortho intramolecular Hbond substituents is 1. The van der Waals surface area contributed by atoms with Gasteiger partial charge in [-0.25, -0.2) is 0 Å². The fraction of sp³-hybridized carbons (Fsp3) is 0.429. The van der Waals surface area contributed by atoms with Crippen molar-refractivity contribution in [2.24, 2.45) is 0 Å². The van der Waals surface area contributed by atoms with E-state index in [0.717, 1.165) is 37.1 Å². The van der Waals surface area contributed by atoms with Gasteiger partial charge in [0.1, 0.15) is 5.75 Å². The monoisotopic (exact) mass is 339 g/mol. The summed E-state index contributed by atoms with van der Waals surface area (Å²) in [7, 11) is 3.33. The van der Waals surface area contributed by atoms with Crippen LogP contribution in [0.4, 0.5) is 0 Å². The molecular formula is C21H25NO3. The van der Waals surface area contributed by atoms with Gasteiger partial charge in [-0.3, -0.25) is 4.90 Å². The maximum Gasteiger partial charge on any atom is 0.162 e. The van der Waals surface area contributed by atoms with E-state index in [2.05, 4.69) is 36.1 Å². The average Bonchev–Trinajstić information content (AvgIpc) is 2.66. The van der Waals surface area contributed by atoms with Gasteiger partial charge in [0.05, 0.1) is 14.2 Å². The van der Waals surface area contributed by atoms with Gasteiger partial charge in [-0.2, -0.15) is 0 Å². The third-order valence-electron chi connectivity index (χ3n) is 5.77. The second-order valence-electron chi connectivity index (χ2n) is 6.89. The first kappa shape index (κ1) is 16.3. The van der Waals surface area contributed by atoms with Crippen molar-refractivity contribution in [3.63, 3.8) is 0 Å². The van der Waals surface area contributed by atoms with Gasteiger partial charge in [-0.15, -0.1) is 0 Å². The third kappa shape index (κ3) is 2.47. The smallest absolute Gasteiger partial charge is 0.162 e. The van der Waals surface area contributed by atoms with Crippen LogP contribution in [0.3, 0.4) is 0 Å². The highest BCUT2D eigenvalue weighted by atomic mass is 16.5. The van der Waals surface area contributed by atoms with E-state index in [9.17, 15) is 5.11 Å². The van der Waals surface area contributed by atoms with Gasteiger partial charge in [0, 0.05) is 24.2 Å². The van der Waals surface area contributed by atoms with Crippen molar-refractivity contribution in [2.45, 2.75) is 38.3 Å². The van der Waals surface area contributed by atoms with E-state index >= 15 is 0 Å². The summed E-state index contributed by atoms with van der Waals surface area (Å²) in [6.45, 7) is 3.19. The fourth-order valence-electron chi connectivity index (χ4n) is 4.59. The molecule has 2 atom stereocenters. The van der Waals surface area contributed by atoms with Gasteiger partial charge in [-0.1, -0.05) is 19.1 Å². The lowest BCUT2D eigenvalue weighted by Gasteiger charge is -2.46. The second-order valence-corrected chi connectivity index (χ2v) is 6.89. The van der Waals surface area contributed by atoms with E-state index in [1.807, 2.05) is 6.07 Å². The Bertz CT molecular complexity index is 802. The molecule has 2 aliphatic rings. The predicted octanol–water partition coefficient (Wildman–Crippen LogP) is 4.02. The van der Waals surface area contributed by atoms with Crippen molar-refractivity contribution in [1.29, 1.82) is 0 Å². The zero-order valence-electron chi connectivity index (χ0n) is 15.1. The van der Waals surface area contributed by atoms with Crippen molar-refractivity contribution in [3.05, 3.63) is 52.6 Å². The highest BCUT2D eigenvalue weighted by Crippen LogP contribution is 2.50. The zero-order valence-corrected chi connectivity index (χ0v) is 15.1. The van der Waals surface area contributed by atoms with Gasteiger partial charge >= 0.3 is 0 Å². The highest BCUT2D eigenvalue weighted by Gasteiger charge is 2.39. The van der Waals surface area contributed by atoms with Crippen LogP contribution in [0.15, 0.2) is 30.3 Å². The number of fused-ring (bicyclic) bond motifs is 4. The maximum atomic E-state index is 10.7. The summed E-state index contributed by atoms with van der Waals surface area (Å²) in [5.74, 6) is 1.81. The van der Waals surface area contributed by atoms with Crippen LogP contribution in [0.5, 0.6) is 17.2 Å². The van der Waals surface area contributed by atoms with Gasteiger partial charge in [0.2, 0.25) is 0 Å². The highest BCUT2D eigenvalue weighted by molar-refractivity contribution is 5.54. The maximum absolute atomic E-state index is 10.7. The van der Waals surface area contributed by atoms with E-state index in [-0.39, 0.29) is 6.04 Å². The lowest BCUT2D eigenvalue weighted by Crippen LogP contribution is -2.42. The third-order valence-corrected chi connectivity index (χ3v) is 5.77. The topological polar surface area (TPSA) is 41.9 Å². The molecule has 0 fully saturated rings. The van der Waals surface area contributed by atoms with E-state index in [0.29, 0.717) is 17.5 Å². The van der Waals surface area contributed by atoms with E-state index < -0.39 is 0 Å². The minimum absolute atomic E-state index is 0.221. The molecular weight excluding hydrogens is 314 g/mol. The molecule has 132 valence electrons. The molecule has 2 aliphatic heterocycles. The Hall–Kier alpha value is -2.20. The van der Waals surface area contributed by atoms with E-state index in [1.54, 1.807) is 14.2 Å². The van der Waals surface area contributed by atoms with Crippen molar-refractivity contribution in [2.75, 3.05) is 20.8 Å². The molecule has 0 aromatic heterocycles. The quantitative estimate of drug-likeness (QED) is 0.917. The molecule has 0 spiro atoms. The Balaban J connectivity index is 1.81. The molecule has 2 heterocycles. The van der Waals surface area contributed by atoms with Crippen molar-refractivity contribution >= 4 is 0 Å². The minimum Gasteiger partial charge on any atom is -0.504 e. The van der Waals surface area contributed by atoms with Crippen LogP contribution >= 0.6 is 0 Å². The van der Waals surface area contributed by atoms with Crippen molar-refractivity contribution < 1.29 is 14.6 Å². The molecule has 4 heteroatoms. The van der Waals surface area contributed by atoms with Gasteiger partial charge in [0.25, 0.3) is 0 Å². The first-order chi connectivity index (χ1) is 12.2. The summed E-state index contributed by atoms with van der Waals surface area (Å²) in [6, 6.07) is 11.0. The molecule has 0 unspecified atom stereocenters. The molecule has 4 rings (SSSR count). The van der Waals surface area contributed by atoms with Crippen LogP contribution in [0.25, 0.3) is 0 Å². The minimum atomic E-state index is 0.221. The number of rotatable bonds is 3. The van der Waals surface area contributed by atoms with Crippen LogP contribution in [0.2, 0.25) is 0 Å². The largest absolute Gasteiger partial charge is 0.504 e. The van der Waals surface area contributed by atoms with E-state index in [1.165, 1.54) is 16.7 Å². The summed E-state index contributed by atoms with van der Waals surface area (Å²) >= 11 is 0. The number of benzene rings is 2. The summed E-state index contributed by atoms with van der Waals surface area (Å²) in [5.41, 5.74) is 5.06. The molecule has 1 N–H and O–H groups in total. The first-order valence-electron chi connectivity index (χ1n) is 8.99. The number of ether oxygens (including phenoxy) is 2. The second kappa shape index (κ2) is 6.26. The van der Waals surface area contributed by atoms with Crippen LogP contribution in [0.1, 0.15) is 47.7 Å². The number of phenols is 1. The molecule has 0 radical (unpaired) electrons. The Morgan fingerprint density at radius 2 is 1.96 bits per heavy atom. The number of aromatic hydroxyl groups is 1. The lowest BCUT2D eigenvalue weighted by molar-refractivity contribution is 0.101. The average molecular weight is 339 g/mol. The first-order valence-corrected chi connectivity index (χ1v) is 8.99. The zero-order chi connectivity index (χ0) is 17.6. The molecule has 0 bridgehead atoms. The Labute approximate surface area is 149 Å². The normalized spacial score (nSPS) is 21.9. The van der Waals surface area contributed by atoms with Crippen LogP contribution in [-0.2, 0) is 12.8 Å². The summed E-state index contributed by atoms with van der Waals surface area (Å²) in [4.78, 5) is 2.55. The van der Waals surface area contributed by atoms with E-state index in [4.69, 9.17) is 9.47 Å². The van der Waals surface area contributed by atoms with Gasteiger partial charge in [0.15, 0.2) is 11.5 Å². The van der Waals surface area contributed by atoms with Crippen LogP contribution < -0.4 is 9.47 Å². The standard InChI is InChI=1S/C21H25NO3/c1-4-17-20-14(5-8-19(25-3)21(20)23)12-18-16-7-6-15(24-2)11-13(16)9-10-22(17)18/h5-8,11,17-18,23H,4,9-10,12H2,1-3H3/t17-,18+/m1/s1. The van der Waals surface area contributed by atoms with Gasteiger partial charge < -0.3 is 14.6 Å². The SMILES string of the molecule is CC[C@@H]1c2c(ccc(OC)c2O)C[C@H]2c3ccc(OC)cc3CCN12. The molecule has 4 nitrogen and oxygen atoms in total. The van der Waals surface area contributed by atoms with Crippen molar-refractivity contribution in [1.82, 2.24) is 4.90 Å². The summed E-state index contributed by atoms with van der Waals surface area (Å²) in [5, 5.41) is 10.7. The molecule has 2 aromatic rings. The molecule has 0 aliphatic carbocycles. The van der Waals surface area contributed by atoms with Gasteiger partial charge in [-0.05, 0) is 54.2 Å². The lowest BCUT2D eigenvalue weighted by atomic mass is 9.79. The Kier molecular flexibility index (Phi) is 4.08. The Morgan fingerprint density at radius 1 is 1.12 bits per heavy atom. The number of hydrogen-bond acceptors (Lipinski definition) is 4. The van der Waals surface area contributed by atoms with Crippen LogP contribution in [-0.4, -0.2) is 30.8 Å². The molecule has 2 aromatic carbocycles. The van der Waals surface area contributed by atoms with Crippen molar-refractivity contribution in [3.8, 4) is 17.2 Å². The molecule has 0 saturated carbocycles. The number of hydrogen-bond donors (Lipinski definition) is 1. The molecule has 0 amide bonds. The Morgan fingerprint density at radius 3 is 2.68 bits per heavy atom. The fourth-order valence-corrected chi connectivity index (χ4v) is 4.59. The summed E-state index contributed by atoms with van der Waals surface area (Å²) < 4.78 is 10.7. The number of nitrogens with zero attached hydrogens (tertiary/aromatic N) is 1. The summed E-state index contributed by atoms with van der Waals surface area (Å²) in [6.07, 6.45) is 2.90. The molecule has 0 saturated heterocycles. The van der Waals surface area contributed by atoms with Crippen LogP contribution in [0, 0.1) is 0 Å². The predicted molar refractivity (Wildman–Crippen MR) is 97.5 cm³/mol.